The third kappa shape index (κ3) is 3.61. The van der Waals surface area contributed by atoms with Crippen molar-refractivity contribution in [2.75, 3.05) is 6.54 Å². The number of hydrogen-bond donors (Lipinski definition) is 1. The minimum atomic E-state index is -0.0902. The van der Waals surface area contributed by atoms with E-state index in [9.17, 15) is 4.79 Å². The smallest absolute Gasteiger partial charge is 0.244 e. The van der Waals surface area contributed by atoms with E-state index in [2.05, 4.69) is 10.3 Å². The predicted octanol–water partition coefficient (Wildman–Crippen LogP) is 2.71. The molecular formula is C18H17N3O. The van der Waals surface area contributed by atoms with Gasteiger partial charge in [-0.15, -0.1) is 0 Å². The molecule has 0 aliphatic heterocycles. The molecule has 3 aromatic rings. The molecule has 0 radical (unpaired) electrons. The number of benzene rings is 1. The van der Waals surface area contributed by atoms with Crippen molar-refractivity contribution in [1.29, 1.82) is 0 Å². The first-order valence-electron chi connectivity index (χ1n) is 7.25. The molecule has 0 aliphatic carbocycles. The summed E-state index contributed by atoms with van der Waals surface area (Å²) in [4.78, 5) is 16.3. The van der Waals surface area contributed by atoms with Crippen LogP contribution in [0.2, 0.25) is 0 Å². The van der Waals surface area contributed by atoms with Crippen LogP contribution in [0, 0.1) is 0 Å². The van der Waals surface area contributed by atoms with Crippen molar-refractivity contribution >= 4 is 17.6 Å². The van der Waals surface area contributed by atoms with Gasteiger partial charge in [-0.1, -0.05) is 36.4 Å². The molecule has 1 aromatic carbocycles. The van der Waals surface area contributed by atoms with Crippen molar-refractivity contribution in [3.8, 4) is 0 Å². The summed E-state index contributed by atoms with van der Waals surface area (Å²) in [6.07, 6.45) is 8.03. The van der Waals surface area contributed by atoms with Crippen LogP contribution in [0.5, 0.6) is 0 Å². The average Bonchev–Trinajstić information content (AvgIpc) is 2.96. The number of nitrogens with one attached hydrogen (secondary N) is 1. The quantitative estimate of drug-likeness (QED) is 0.735. The van der Waals surface area contributed by atoms with Gasteiger partial charge in [0.25, 0.3) is 0 Å². The fraction of sp³-hybridized carbons (Fsp3) is 0.111. The van der Waals surface area contributed by atoms with Crippen molar-refractivity contribution in [3.05, 3.63) is 78.3 Å². The van der Waals surface area contributed by atoms with Gasteiger partial charge < -0.3 is 9.72 Å². The number of fused-ring (bicyclic) bond motifs is 1. The van der Waals surface area contributed by atoms with Gasteiger partial charge in [-0.05, 0) is 23.8 Å². The van der Waals surface area contributed by atoms with Crippen LogP contribution in [0.3, 0.4) is 0 Å². The molecule has 0 spiro atoms. The first-order valence-corrected chi connectivity index (χ1v) is 7.25. The van der Waals surface area contributed by atoms with Crippen LogP contribution >= 0.6 is 0 Å². The van der Waals surface area contributed by atoms with E-state index in [0.717, 1.165) is 16.9 Å². The Hall–Kier alpha value is -2.88. The Morgan fingerprint density at radius 3 is 2.77 bits per heavy atom. The number of amides is 1. The summed E-state index contributed by atoms with van der Waals surface area (Å²) >= 11 is 0. The lowest BCUT2D eigenvalue weighted by Gasteiger charge is -1.99. The van der Waals surface area contributed by atoms with Gasteiger partial charge in [0.05, 0.1) is 5.69 Å². The molecule has 110 valence electrons. The summed E-state index contributed by atoms with van der Waals surface area (Å²) in [5.41, 5.74) is 2.91. The van der Waals surface area contributed by atoms with E-state index in [1.54, 1.807) is 12.2 Å². The number of hydrogen-bond acceptors (Lipinski definition) is 2. The molecule has 0 saturated heterocycles. The Balaban J connectivity index is 1.50. The second kappa shape index (κ2) is 6.72. The molecule has 3 rings (SSSR count). The van der Waals surface area contributed by atoms with Gasteiger partial charge in [0.2, 0.25) is 5.91 Å². The predicted molar refractivity (Wildman–Crippen MR) is 87.4 cm³/mol. The Labute approximate surface area is 129 Å². The maximum absolute atomic E-state index is 11.8. The maximum Gasteiger partial charge on any atom is 0.244 e. The molecule has 0 atom stereocenters. The first kappa shape index (κ1) is 14.1. The summed E-state index contributed by atoms with van der Waals surface area (Å²) in [6.45, 7) is 0.571. The number of nitrogens with zero attached hydrogens (tertiary/aromatic N) is 2. The largest absolute Gasteiger partial charge is 0.352 e. The van der Waals surface area contributed by atoms with E-state index < -0.39 is 0 Å². The van der Waals surface area contributed by atoms with E-state index in [4.69, 9.17) is 0 Å². The Bertz CT molecular complexity index is 757. The Morgan fingerprint density at radius 2 is 1.95 bits per heavy atom. The fourth-order valence-corrected chi connectivity index (χ4v) is 2.22. The second-order valence-corrected chi connectivity index (χ2v) is 4.98. The van der Waals surface area contributed by atoms with Gasteiger partial charge in [-0.25, -0.2) is 4.98 Å². The molecular weight excluding hydrogens is 274 g/mol. The molecule has 22 heavy (non-hydrogen) atoms. The first-order chi connectivity index (χ1) is 10.8. The minimum Gasteiger partial charge on any atom is -0.352 e. The van der Waals surface area contributed by atoms with E-state index in [1.165, 1.54) is 0 Å². The van der Waals surface area contributed by atoms with Gasteiger partial charge in [0.15, 0.2) is 0 Å². The zero-order valence-electron chi connectivity index (χ0n) is 12.1. The van der Waals surface area contributed by atoms with Crippen LogP contribution in [-0.4, -0.2) is 21.8 Å². The van der Waals surface area contributed by atoms with Crippen molar-refractivity contribution in [3.63, 3.8) is 0 Å². The van der Waals surface area contributed by atoms with Crippen molar-refractivity contribution < 1.29 is 4.79 Å². The lowest BCUT2D eigenvalue weighted by atomic mass is 10.2. The lowest BCUT2D eigenvalue weighted by Crippen LogP contribution is -2.23. The third-order valence-corrected chi connectivity index (χ3v) is 3.32. The van der Waals surface area contributed by atoms with Crippen LogP contribution < -0.4 is 5.32 Å². The topological polar surface area (TPSA) is 46.4 Å². The summed E-state index contributed by atoms with van der Waals surface area (Å²) in [5.74, 6) is -0.0902. The molecule has 4 nitrogen and oxygen atoms in total. The van der Waals surface area contributed by atoms with Gasteiger partial charge in [-0.2, -0.15) is 0 Å². The third-order valence-electron chi connectivity index (χ3n) is 3.32. The molecule has 1 amide bonds. The Kier molecular flexibility index (Phi) is 4.30. The summed E-state index contributed by atoms with van der Waals surface area (Å²) in [6, 6.07) is 15.6. The molecule has 4 heteroatoms. The average molecular weight is 291 g/mol. The van der Waals surface area contributed by atoms with Gasteiger partial charge >= 0.3 is 0 Å². The highest BCUT2D eigenvalue weighted by molar-refractivity contribution is 5.91. The number of rotatable bonds is 5. The fourth-order valence-electron chi connectivity index (χ4n) is 2.22. The number of carbonyl (C=O) groups is 1. The molecule has 2 heterocycles. The van der Waals surface area contributed by atoms with Crippen LogP contribution in [-0.2, 0) is 11.2 Å². The van der Waals surface area contributed by atoms with Gasteiger partial charge in [0.1, 0.15) is 5.65 Å². The SMILES string of the molecule is O=C(/C=C/c1ccccc1)NCCc1cn2ccccc2n1. The molecule has 1 N–H and O–H groups in total. The summed E-state index contributed by atoms with van der Waals surface area (Å²) in [5, 5.41) is 2.87. The number of aromatic nitrogens is 2. The van der Waals surface area contributed by atoms with E-state index in [0.29, 0.717) is 13.0 Å². The molecule has 2 aromatic heterocycles. The van der Waals surface area contributed by atoms with E-state index in [1.807, 2.05) is 65.3 Å². The van der Waals surface area contributed by atoms with Gasteiger partial charge in [0, 0.05) is 31.4 Å². The summed E-state index contributed by atoms with van der Waals surface area (Å²) in [7, 11) is 0. The molecule has 0 unspecified atom stereocenters. The van der Waals surface area contributed by atoms with E-state index >= 15 is 0 Å². The van der Waals surface area contributed by atoms with Crippen LogP contribution in [0.4, 0.5) is 0 Å². The zero-order chi connectivity index (χ0) is 15.2. The standard InChI is InChI=1S/C18H17N3O/c22-18(10-9-15-6-2-1-3-7-15)19-12-11-16-14-21-13-5-4-8-17(21)20-16/h1-10,13-14H,11-12H2,(H,19,22)/b10-9+. The van der Waals surface area contributed by atoms with Crippen LogP contribution in [0.1, 0.15) is 11.3 Å². The highest BCUT2D eigenvalue weighted by Gasteiger charge is 2.01. The highest BCUT2D eigenvalue weighted by Crippen LogP contribution is 2.04. The van der Waals surface area contributed by atoms with Crippen LogP contribution in [0.15, 0.2) is 67.0 Å². The van der Waals surface area contributed by atoms with Crippen molar-refractivity contribution in [1.82, 2.24) is 14.7 Å². The van der Waals surface area contributed by atoms with E-state index in [-0.39, 0.29) is 5.91 Å². The van der Waals surface area contributed by atoms with Gasteiger partial charge in [-0.3, -0.25) is 4.79 Å². The molecule has 0 aliphatic rings. The highest BCUT2D eigenvalue weighted by atomic mass is 16.1. The van der Waals surface area contributed by atoms with Crippen molar-refractivity contribution in [2.45, 2.75) is 6.42 Å². The monoisotopic (exact) mass is 291 g/mol. The Morgan fingerprint density at radius 1 is 1.14 bits per heavy atom. The molecule has 0 bridgehead atoms. The van der Waals surface area contributed by atoms with Crippen molar-refractivity contribution in [2.24, 2.45) is 0 Å². The number of pyridine rings is 1. The van der Waals surface area contributed by atoms with Crippen LogP contribution in [0.25, 0.3) is 11.7 Å². The minimum absolute atomic E-state index is 0.0902. The zero-order valence-corrected chi connectivity index (χ0v) is 12.1. The maximum atomic E-state index is 11.8. The summed E-state index contributed by atoms with van der Waals surface area (Å²) < 4.78 is 1.98. The lowest BCUT2D eigenvalue weighted by molar-refractivity contribution is -0.116. The number of imidazole rings is 1. The molecule has 0 saturated carbocycles. The number of carbonyl (C=O) groups excluding carboxylic acids is 1. The second-order valence-electron chi connectivity index (χ2n) is 4.98. The molecule has 0 fully saturated rings. The normalized spacial score (nSPS) is 11.1.